The molecule has 132 valence electrons. The highest BCUT2D eigenvalue weighted by molar-refractivity contribution is 6.31. The van der Waals surface area contributed by atoms with Crippen molar-refractivity contribution in [2.45, 2.75) is 19.9 Å². The summed E-state index contributed by atoms with van der Waals surface area (Å²) in [6.07, 6.45) is 4.71. The number of fused-ring (bicyclic) bond motifs is 2. The van der Waals surface area contributed by atoms with Gasteiger partial charge in [-0.1, -0.05) is 23.2 Å². The number of amides is 1. The molecule has 4 nitrogen and oxygen atoms in total. The minimum atomic E-state index is 0.0148. The van der Waals surface area contributed by atoms with Crippen LogP contribution in [0.4, 0.5) is 0 Å². The fourth-order valence-corrected chi connectivity index (χ4v) is 3.53. The number of H-pyrrole nitrogens is 1. The number of aromatic nitrogens is 2. The van der Waals surface area contributed by atoms with Crippen LogP contribution in [0.1, 0.15) is 11.1 Å². The second-order valence-electron chi connectivity index (χ2n) is 6.61. The molecule has 0 unspecified atom stereocenters. The molecule has 5 heteroatoms. The van der Waals surface area contributed by atoms with Crippen LogP contribution in [0.15, 0.2) is 54.9 Å². The van der Waals surface area contributed by atoms with Gasteiger partial charge in [0.15, 0.2) is 0 Å². The molecule has 0 aliphatic heterocycles. The number of carbonyl (C=O) groups excluding carboxylic acids is 1. The van der Waals surface area contributed by atoms with E-state index in [0.717, 1.165) is 38.8 Å². The lowest BCUT2D eigenvalue weighted by Crippen LogP contribution is -2.29. The molecule has 4 aromatic rings. The smallest absolute Gasteiger partial charge is 0.239 e. The topological polar surface area (TPSA) is 49.8 Å². The number of hydrogen-bond donors (Lipinski definition) is 2. The largest absolute Gasteiger partial charge is 0.361 e. The normalized spacial score (nSPS) is 11.3. The Labute approximate surface area is 156 Å². The maximum absolute atomic E-state index is 12.3. The van der Waals surface area contributed by atoms with Gasteiger partial charge >= 0.3 is 0 Å². The molecule has 0 saturated carbocycles. The number of aromatic amines is 1. The summed E-state index contributed by atoms with van der Waals surface area (Å²) in [4.78, 5) is 15.5. The van der Waals surface area contributed by atoms with E-state index in [1.165, 1.54) is 5.56 Å². The monoisotopic (exact) mass is 365 g/mol. The molecule has 0 radical (unpaired) electrons. The lowest BCUT2D eigenvalue weighted by Gasteiger charge is -2.07. The van der Waals surface area contributed by atoms with Crippen molar-refractivity contribution < 1.29 is 4.79 Å². The van der Waals surface area contributed by atoms with Crippen molar-refractivity contribution in [3.8, 4) is 0 Å². The Hall–Kier alpha value is -2.72. The standard InChI is InChI=1S/C21H20ClN3O/c1-14-2-5-20-15(10-14)7-9-25(20)13-21(26)23-8-6-16-12-24-19-4-3-17(22)11-18(16)19/h2-5,7,9-12,24H,6,8,13H2,1H3,(H,23,26). The minimum absolute atomic E-state index is 0.0148. The van der Waals surface area contributed by atoms with Crippen LogP contribution in [0.5, 0.6) is 0 Å². The molecule has 2 N–H and O–H groups in total. The molecule has 0 saturated heterocycles. The third kappa shape index (κ3) is 3.33. The summed E-state index contributed by atoms with van der Waals surface area (Å²) >= 11 is 6.08. The fourth-order valence-electron chi connectivity index (χ4n) is 3.36. The lowest BCUT2D eigenvalue weighted by atomic mass is 10.1. The third-order valence-corrected chi connectivity index (χ3v) is 4.92. The number of benzene rings is 2. The van der Waals surface area contributed by atoms with Gasteiger partial charge in [-0.2, -0.15) is 0 Å². The zero-order valence-electron chi connectivity index (χ0n) is 14.6. The second-order valence-corrected chi connectivity index (χ2v) is 7.05. The molecule has 0 bridgehead atoms. The fraction of sp³-hybridized carbons (Fsp3) is 0.190. The molecule has 2 heterocycles. The van der Waals surface area contributed by atoms with Gasteiger partial charge in [0.25, 0.3) is 0 Å². The van der Waals surface area contributed by atoms with Crippen LogP contribution >= 0.6 is 11.6 Å². The van der Waals surface area contributed by atoms with E-state index >= 15 is 0 Å². The van der Waals surface area contributed by atoms with E-state index in [0.29, 0.717) is 13.1 Å². The zero-order chi connectivity index (χ0) is 18.1. The molecule has 1 amide bonds. The first-order valence-electron chi connectivity index (χ1n) is 8.68. The van der Waals surface area contributed by atoms with E-state index in [4.69, 9.17) is 11.6 Å². The SMILES string of the molecule is Cc1ccc2c(ccn2CC(=O)NCCc2c[nH]c3ccc(Cl)cc23)c1. The van der Waals surface area contributed by atoms with E-state index in [2.05, 4.69) is 35.4 Å². The number of aryl methyl sites for hydroxylation is 1. The van der Waals surface area contributed by atoms with Crippen molar-refractivity contribution in [3.05, 3.63) is 71.0 Å². The highest BCUT2D eigenvalue weighted by Gasteiger charge is 2.08. The maximum Gasteiger partial charge on any atom is 0.239 e. The predicted octanol–water partition coefficient (Wildman–Crippen LogP) is 4.44. The Morgan fingerprint density at radius 3 is 2.96 bits per heavy atom. The molecule has 0 spiro atoms. The summed E-state index contributed by atoms with van der Waals surface area (Å²) in [5.41, 5.74) is 4.52. The molecule has 0 fully saturated rings. The van der Waals surface area contributed by atoms with Gasteiger partial charge in [0, 0.05) is 40.4 Å². The number of rotatable bonds is 5. The van der Waals surface area contributed by atoms with Gasteiger partial charge in [0.1, 0.15) is 6.54 Å². The summed E-state index contributed by atoms with van der Waals surface area (Å²) in [7, 11) is 0. The van der Waals surface area contributed by atoms with Crippen molar-refractivity contribution >= 4 is 39.3 Å². The van der Waals surface area contributed by atoms with Gasteiger partial charge in [0.2, 0.25) is 5.91 Å². The van der Waals surface area contributed by atoms with Crippen LogP contribution < -0.4 is 5.32 Å². The van der Waals surface area contributed by atoms with Crippen LogP contribution in [0.25, 0.3) is 21.8 Å². The first-order chi connectivity index (χ1) is 12.6. The molecular formula is C21H20ClN3O. The number of nitrogens with zero attached hydrogens (tertiary/aromatic N) is 1. The lowest BCUT2D eigenvalue weighted by molar-refractivity contribution is -0.121. The highest BCUT2D eigenvalue weighted by atomic mass is 35.5. The van der Waals surface area contributed by atoms with E-state index < -0.39 is 0 Å². The molecule has 4 rings (SSSR count). The van der Waals surface area contributed by atoms with Gasteiger partial charge in [0.05, 0.1) is 0 Å². The molecule has 0 atom stereocenters. The molecule has 26 heavy (non-hydrogen) atoms. The first kappa shape index (κ1) is 16.7. The van der Waals surface area contributed by atoms with Gasteiger partial charge in [-0.15, -0.1) is 0 Å². The van der Waals surface area contributed by atoms with Crippen LogP contribution in [0, 0.1) is 6.92 Å². The Morgan fingerprint density at radius 2 is 2.08 bits per heavy atom. The van der Waals surface area contributed by atoms with Crippen molar-refractivity contribution in [1.29, 1.82) is 0 Å². The second kappa shape index (κ2) is 6.89. The van der Waals surface area contributed by atoms with E-state index in [1.54, 1.807) is 0 Å². The number of hydrogen-bond acceptors (Lipinski definition) is 1. The quantitative estimate of drug-likeness (QED) is 0.539. The Kier molecular flexibility index (Phi) is 4.43. The van der Waals surface area contributed by atoms with Gasteiger partial charge in [-0.3, -0.25) is 4.79 Å². The molecule has 2 aromatic carbocycles. The van der Waals surface area contributed by atoms with Crippen molar-refractivity contribution in [2.75, 3.05) is 6.54 Å². The van der Waals surface area contributed by atoms with Crippen LogP contribution in [0.2, 0.25) is 5.02 Å². The zero-order valence-corrected chi connectivity index (χ0v) is 15.3. The summed E-state index contributed by atoms with van der Waals surface area (Å²) < 4.78 is 1.98. The van der Waals surface area contributed by atoms with Crippen LogP contribution in [-0.4, -0.2) is 22.0 Å². The number of nitrogens with one attached hydrogen (secondary N) is 2. The number of carbonyl (C=O) groups is 1. The van der Waals surface area contributed by atoms with E-state index in [-0.39, 0.29) is 5.91 Å². The van der Waals surface area contributed by atoms with Crippen molar-refractivity contribution in [1.82, 2.24) is 14.9 Å². The Bertz CT molecular complexity index is 1090. The average Bonchev–Trinajstić information content (AvgIpc) is 3.19. The molecule has 0 aliphatic carbocycles. The predicted molar refractivity (Wildman–Crippen MR) is 107 cm³/mol. The third-order valence-electron chi connectivity index (χ3n) is 4.69. The highest BCUT2D eigenvalue weighted by Crippen LogP contribution is 2.22. The van der Waals surface area contributed by atoms with Crippen molar-refractivity contribution in [3.63, 3.8) is 0 Å². The summed E-state index contributed by atoms with van der Waals surface area (Å²) in [5.74, 6) is 0.0148. The van der Waals surface area contributed by atoms with E-state index in [9.17, 15) is 4.79 Å². The molecule has 2 aromatic heterocycles. The summed E-state index contributed by atoms with van der Waals surface area (Å²) in [6, 6.07) is 14.1. The van der Waals surface area contributed by atoms with Crippen LogP contribution in [-0.2, 0) is 17.8 Å². The summed E-state index contributed by atoms with van der Waals surface area (Å²) in [6.45, 7) is 2.99. The van der Waals surface area contributed by atoms with Gasteiger partial charge < -0.3 is 14.9 Å². The Balaban J connectivity index is 1.38. The van der Waals surface area contributed by atoms with Gasteiger partial charge in [-0.25, -0.2) is 0 Å². The average molecular weight is 366 g/mol. The molecule has 0 aliphatic rings. The first-order valence-corrected chi connectivity index (χ1v) is 9.06. The minimum Gasteiger partial charge on any atom is -0.361 e. The Morgan fingerprint density at radius 1 is 1.19 bits per heavy atom. The van der Waals surface area contributed by atoms with Gasteiger partial charge in [-0.05, 0) is 60.7 Å². The van der Waals surface area contributed by atoms with Crippen LogP contribution in [0.3, 0.4) is 0 Å². The maximum atomic E-state index is 12.3. The summed E-state index contributed by atoms with van der Waals surface area (Å²) in [5, 5.41) is 6.00. The molecular weight excluding hydrogens is 346 g/mol. The van der Waals surface area contributed by atoms with Crippen molar-refractivity contribution in [2.24, 2.45) is 0 Å². The van der Waals surface area contributed by atoms with E-state index in [1.807, 2.05) is 41.2 Å². The number of halogens is 1.